The van der Waals surface area contributed by atoms with Crippen molar-refractivity contribution in [1.82, 2.24) is 19.9 Å². The lowest BCUT2D eigenvalue weighted by atomic mass is 10.2. The van der Waals surface area contributed by atoms with Crippen LogP contribution in [0.25, 0.3) is 0 Å². The summed E-state index contributed by atoms with van der Waals surface area (Å²) >= 11 is 0. The molecular weight excluding hydrogens is 392 g/mol. The number of ether oxygens (including phenoxy) is 1. The standard InChI is InChI=1S/C19H20N6O3S/c26-29(27,16-3-4-17-14(12-16)7-11-28-17)22-10-9-21-18-5-6-19(25-24-18)23-15-2-1-8-20-13-15/h1-6,8,12-13,22H,7,9-11H2,(H,21,24)(H,23,25). The Labute approximate surface area is 168 Å². The second-order valence-electron chi connectivity index (χ2n) is 6.36. The summed E-state index contributed by atoms with van der Waals surface area (Å²) < 4.78 is 32.9. The van der Waals surface area contributed by atoms with Crippen molar-refractivity contribution in [1.29, 1.82) is 0 Å². The van der Waals surface area contributed by atoms with Gasteiger partial charge in [-0.15, -0.1) is 10.2 Å². The molecule has 0 saturated heterocycles. The highest BCUT2D eigenvalue weighted by molar-refractivity contribution is 7.89. The van der Waals surface area contributed by atoms with Crippen molar-refractivity contribution in [2.24, 2.45) is 0 Å². The van der Waals surface area contributed by atoms with E-state index in [1.54, 1.807) is 42.7 Å². The molecule has 150 valence electrons. The fourth-order valence-corrected chi connectivity index (χ4v) is 3.95. The molecule has 2 aromatic heterocycles. The Morgan fingerprint density at radius 1 is 1.03 bits per heavy atom. The summed E-state index contributed by atoms with van der Waals surface area (Å²) in [6.45, 7) is 1.18. The van der Waals surface area contributed by atoms with Gasteiger partial charge < -0.3 is 15.4 Å². The molecule has 0 bridgehead atoms. The second-order valence-corrected chi connectivity index (χ2v) is 8.13. The Morgan fingerprint density at radius 3 is 2.69 bits per heavy atom. The van der Waals surface area contributed by atoms with Crippen LogP contribution in [0.4, 0.5) is 17.3 Å². The molecule has 3 heterocycles. The molecule has 1 aromatic carbocycles. The zero-order chi connectivity index (χ0) is 20.1. The van der Waals surface area contributed by atoms with Crippen LogP contribution < -0.4 is 20.1 Å². The minimum absolute atomic E-state index is 0.216. The van der Waals surface area contributed by atoms with E-state index in [1.165, 1.54) is 0 Å². The van der Waals surface area contributed by atoms with E-state index in [2.05, 4.69) is 30.5 Å². The molecule has 0 atom stereocenters. The van der Waals surface area contributed by atoms with Crippen LogP contribution >= 0.6 is 0 Å². The average Bonchev–Trinajstić information content (AvgIpc) is 3.21. The van der Waals surface area contributed by atoms with Crippen LogP contribution in [0.3, 0.4) is 0 Å². The maximum absolute atomic E-state index is 12.4. The van der Waals surface area contributed by atoms with Gasteiger partial charge in [0, 0.05) is 25.7 Å². The fraction of sp³-hybridized carbons (Fsp3) is 0.211. The Bertz CT molecular complexity index is 1070. The molecule has 3 aromatic rings. The lowest BCUT2D eigenvalue weighted by molar-refractivity contribution is 0.356. The van der Waals surface area contributed by atoms with Crippen LogP contribution in [-0.4, -0.2) is 43.3 Å². The van der Waals surface area contributed by atoms with Crippen LogP contribution in [0.1, 0.15) is 5.56 Å². The number of anilines is 3. The molecule has 0 aliphatic carbocycles. The Kier molecular flexibility index (Phi) is 5.54. The number of aromatic nitrogens is 3. The molecule has 0 amide bonds. The minimum Gasteiger partial charge on any atom is -0.493 e. The van der Waals surface area contributed by atoms with Crippen molar-refractivity contribution in [3.63, 3.8) is 0 Å². The zero-order valence-corrected chi connectivity index (χ0v) is 16.3. The van der Waals surface area contributed by atoms with Crippen LogP contribution in [0.2, 0.25) is 0 Å². The molecule has 3 N–H and O–H groups in total. The maximum atomic E-state index is 12.4. The summed E-state index contributed by atoms with van der Waals surface area (Å²) in [5, 5.41) is 14.3. The first kappa shape index (κ1) is 19.1. The first-order valence-electron chi connectivity index (χ1n) is 9.10. The Balaban J connectivity index is 1.27. The first-order valence-corrected chi connectivity index (χ1v) is 10.6. The Morgan fingerprint density at radius 2 is 1.90 bits per heavy atom. The number of fused-ring (bicyclic) bond motifs is 1. The molecule has 29 heavy (non-hydrogen) atoms. The van der Waals surface area contributed by atoms with E-state index in [0.717, 1.165) is 23.4 Å². The number of rotatable bonds is 8. The van der Waals surface area contributed by atoms with Gasteiger partial charge in [-0.25, -0.2) is 13.1 Å². The van der Waals surface area contributed by atoms with E-state index in [0.29, 0.717) is 24.8 Å². The van der Waals surface area contributed by atoms with Gasteiger partial charge in [0.05, 0.1) is 23.4 Å². The lowest BCUT2D eigenvalue weighted by Crippen LogP contribution is -2.29. The van der Waals surface area contributed by atoms with E-state index in [1.807, 2.05) is 12.1 Å². The highest BCUT2D eigenvalue weighted by atomic mass is 32.2. The van der Waals surface area contributed by atoms with E-state index in [9.17, 15) is 8.42 Å². The molecule has 9 nitrogen and oxygen atoms in total. The van der Waals surface area contributed by atoms with Gasteiger partial charge in [0.2, 0.25) is 10.0 Å². The second kappa shape index (κ2) is 8.41. The van der Waals surface area contributed by atoms with Gasteiger partial charge >= 0.3 is 0 Å². The number of hydrogen-bond donors (Lipinski definition) is 3. The van der Waals surface area contributed by atoms with Gasteiger partial charge in [0.15, 0.2) is 5.82 Å². The topological polar surface area (TPSA) is 118 Å². The van der Waals surface area contributed by atoms with Crippen molar-refractivity contribution in [2.45, 2.75) is 11.3 Å². The van der Waals surface area contributed by atoms with Crippen LogP contribution in [0, 0.1) is 0 Å². The molecule has 4 rings (SSSR count). The molecule has 0 spiro atoms. The highest BCUT2D eigenvalue weighted by Gasteiger charge is 2.18. The third-order valence-corrected chi connectivity index (χ3v) is 5.75. The zero-order valence-electron chi connectivity index (χ0n) is 15.5. The Hall–Kier alpha value is -3.24. The van der Waals surface area contributed by atoms with Crippen molar-refractivity contribution in [3.8, 4) is 5.75 Å². The third kappa shape index (κ3) is 4.79. The first-order chi connectivity index (χ1) is 14.1. The summed E-state index contributed by atoms with van der Waals surface area (Å²) in [4.78, 5) is 4.26. The molecule has 0 unspecified atom stereocenters. The van der Waals surface area contributed by atoms with Gasteiger partial charge in [-0.3, -0.25) is 4.98 Å². The molecule has 0 radical (unpaired) electrons. The van der Waals surface area contributed by atoms with Gasteiger partial charge in [-0.2, -0.15) is 0 Å². The summed E-state index contributed by atoms with van der Waals surface area (Å²) in [5.74, 6) is 1.89. The number of hydrogen-bond acceptors (Lipinski definition) is 8. The van der Waals surface area contributed by atoms with Gasteiger partial charge in [0.25, 0.3) is 0 Å². The molecular formula is C19H20N6O3S. The normalized spacial score (nSPS) is 12.8. The molecule has 1 aliphatic heterocycles. The highest BCUT2D eigenvalue weighted by Crippen LogP contribution is 2.27. The van der Waals surface area contributed by atoms with Gasteiger partial charge in [-0.05, 0) is 48.0 Å². The molecule has 1 aliphatic rings. The fourth-order valence-electron chi connectivity index (χ4n) is 2.87. The average molecular weight is 412 g/mol. The van der Waals surface area contributed by atoms with E-state index in [-0.39, 0.29) is 11.4 Å². The van der Waals surface area contributed by atoms with Crippen LogP contribution in [0.5, 0.6) is 5.75 Å². The summed E-state index contributed by atoms with van der Waals surface area (Å²) in [6, 6.07) is 12.2. The number of sulfonamides is 1. The maximum Gasteiger partial charge on any atom is 0.240 e. The number of pyridine rings is 1. The van der Waals surface area contributed by atoms with Gasteiger partial charge in [-0.1, -0.05) is 0 Å². The SMILES string of the molecule is O=S(=O)(NCCNc1ccc(Nc2cccnc2)nn1)c1ccc2c(c1)CCO2. The summed E-state index contributed by atoms with van der Waals surface area (Å²) in [6.07, 6.45) is 4.11. The quantitative estimate of drug-likeness (QED) is 0.481. The lowest BCUT2D eigenvalue weighted by Gasteiger charge is -2.09. The molecule has 0 fully saturated rings. The molecule has 0 saturated carbocycles. The van der Waals surface area contributed by atoms with Crippen molar-refractivity contribution < 1.29 is 13.2 Å². The number of nitrogens with one attached hydrogen (secondary N) is 3. The van der Waals surface area contributed by atoms with Crippen LogP contribution in [-0.2, 0) is 16.4 Å². The van der Waals surface area contributed by atoms with Crippen molar-refractivity contribution >= 4 is 27.3 Å². The largest absolute Gasteiger partial charge is 0.493 e. The van der Waals surface area contributed by atoms with E-state index in [4.69, 9.17) is 4.74 Å². The predicted octanol–water partition coefficient (Wildman–Crippen LogP) is 1.94. The third-order valence-electron chi connectivity index (χ3n) is 4.29. The van der Waals surface area contributed by atoms with Crippen molar-refractivity contribution in [2.75, 3.05) is 30.3 Å². The predicted molar refractivity (Wildman–Crippen MR) is 109 cm³/mol. The van der Waals surface area contributed by atoms with Crippen LogP contribution in [0.15, 0.2) is 59.8 Å². The summed E-state index contributed by atoms with van der Waals surface area (Å²) in [5.41, 5.74) is 1.73. The number of benzene rings is 1. The number of nitrogens with zero attached hydrogens (tertiary/aromatic N) is 3. The smallest absolute Gasteiger partial charge is 0.240 e. The van der Waals surface area contributed by atoms with Crippen molar-refractivity contribution in [3.05, 3.63) is 60.4 Å². The summed E-state index contributed by atoms with van der Waals surface area (Å²) in [7, 11) is -3.58. The van der Waals surface area contributed by atoms with E-state index < -0.39 is 10.0 Å². The van der Waals surface area contributed by atoms with E-state index >= 15 is 0 Å². The monoisotopic (exact) mass is 412 g/mol. The van der Waals surface area contributed by atoms with Gasteiger partial charge in [0.1, 0.15) is 11.6 Å². The minimum atomic E-state index is -3.58. The molecule has 10 heteroatoms.